The lowest BCUT2D eigenvalue weighted by Crippen LogP contribution is -2.52. The highest BCUT2D eigenvalue weighted by Gasteiger charge is 2.33. The molecule has 1 N–H and O–H groups in total. The highest BCUT2D eigenvalue weighted by Crippen LogP contribution is 2.34. The maximum Gasteiger partial charge on any atom is 0.271 e. The van der Waals surface area contributed by atoms with Gasteiger partial charge in [0, 0.05) is 25.2 Å². The van der Waals surface area contributed by atoms with Crippen LogP contribution in [-0.4, -0.2) is 62.6 Å². The second-order valence-corrected chi connectivity index (χ2v) is 10.5. The molecule has 13 heteroatoms. The number of nitro groups is 1. The predicted octanol–water partition coefficient (Wildman–Crippen LogP) is 3.23. The van der Waals surface area contributed by atoms with Gasteiger partial charge in [0.25, 0.3) is 5.69 Å². The second-order valence-electron chi connectivity index (χ2n) is 8.60. The quantitative estimate of drug-likeness (QED) is 0.216. The van der Waals surface area contributed by atoms with E-state index < -0.39 is 50.9 Å². The molecular formula is C25H33FN4O7S. The van der Waals surface area contributed by atoms with E-state index in [-0.39, 0.29) is 24.4 Å². The van der Waals surface area contributed by atoms with Crippen LogP contribution in [0.3, 0.4) is 0 Å². The number of hydrogen-bond donors (Lipinski definition) is 1. The Hall–Kier alpha value is -3.74. The van der Waals surface area contributed by atoms with E-state index in [9.17, 15) is 32.5 Å². The number of non-ortho nitro benzene ring substituents is 1. The van der Waals surface area contributed by atoms with E-state index >= 15 is 0 Å². The van der Waals surface area contributed by atoms with Gasteiger partial charge < -0.3 is 15.0 Å². The summed E-state index contributed by atoms with van der Waals surface area (Å²) < 4.78 is 45.0. The second kappa shape index (κ2) is 13.7. The standard InChI is InChI=1S/C25H33FN4O7S/c1-5-7-14-27-25(32)21(6-2)28(16-18-8-10-19(26)11-9-18)24(31)17-29(38(4,35)36)22-15-20(30(33)34)12-13-23(22)37-3/h8-13,15,21H,5-7,14,16-17H2,1-4H3,(H,27,32). The Bertz CT molecular complexity index is 1240. The number of nitrogens with one attached hydrogen (secondary N) is 1. The van der Waals surface area contributed by atoms with Crippen molar-refractivity contribution >= 4 is 33.2 Å². The molecule has 0 fully saturated rings. The van der Waals surface area contributed by atoms with Gasteiger partial charge in [-0.1, -0.05) is 32.4 Å². The van der Waals surface area contributed by atoms with Crippen LogP contribution in [0.25, 0.3) is 0 Å². The van der Waals surface area contributed by atoms with Crippen molar-refractivity contribution in [1.29, 1.82) is 0 Å². The third kappa shape index (κ3) is 8.13. The zero-order valence-electron chi connectivity index (χ0n) is 21.8. The lowest BCUT2D eigenvalue weighted by atomic mass is 10.1. The van der Waals surface area contributed by atoms with Crippen molar-refractivity contribution in [3.63, 3.8) is 0 Å². The molecule has 38 heavy (non-hydrogen) atoms. The Morgan fingerprint density at radius 3 is 2.34 bits per heavy atom. The molecule has 2 rings (SSSR count). The van der Waals surface area contributed by atoms with Gasteiger partial charge in [-0.25, -0.2) is 12.8 Å². The first-order valence-corrected chi connectivity index (χ1v) is 13.9. The van der Waals surface area contributed by atoms with E-state index in [1.165, 1.54) is 42.3 Å². The Balaban J connectivity index is 2.52. The highest BCUT2D eigenvalue weighted by molar-refractivity contribution is 7.92. The Labute approximate surface area is 221 Å². The van der Waals surface area contributed by atoms with Gasteiger partial charge in [0.15, 0.2) is 0 Å². The van der Waals surface area contributed by atoms with Crippen LogP contribution in [0.2, 0.25) is 0 Å². The number of carbonyl (C=O) groups excluding carboxylic acids is 2. The highest BCUT2D eigenvalue weighted by atomic mass is 32.2. The summed E-state index contributed by atoms with van der Waals surface area (Å²) in [7, 11) is -2.87. The molecule has 2 aromatic rings. The summed E-state index contributed by atoms with van der Waals surface area (Å²) in [5.74, 6) is -1.61. The Morgan fingerprint density at radius 2 is 1.82 bits per heavy atom. The van der Waals surface area contributed by atoms with Crippen molar-refractivity contribution < 1.29 is 32.1 Å². The fourth-order valence-corrected chi connectivity index (χ4v) is 4.64. The number of ether oxygens (including phenoxy) is 1. The van der Waals surface area contributed by atoms with Gasteiger partial charge in [0.1, 0.15) is 29.8 Å². The molecular weight excluding hydrogens is 519 g/mol. The minimum atomic E-state index is -4.14. The number of carbonyl (C=O) groups is 2. The van der Waals surface area contributed by atoms with Crippen molar-refractivity contribution in [2.75, 3.05) is 30.8 Å². The van der Waals surface area contributed by atoms with Gasteiger partial charge in [0.2, 0.25) is 21.8 Å². The van der Waals surface area contributed by atoms with Gasteiger partial charge in [-0.2, -0.15) is 0 Å². The monoisotopic (exact) mass is 552 g/mol. The topological polar surface area (TPSA) is 139 Å². The lowest BCUT2D eigenvalue weighted by molar-refractivity contribution is -0.384. The molecule has 0 saturated carbocycles. The molecule has 0 spiro atoms. The smallest absolute Gasteiger partial charge is 0.271 e. The van der Waals surface area contributed by atoms with E-state index in [2.05, 4.69) is 5.32 Å². The molecule has 0 aliphatic carbocycles. The van der Waals surface area contributed by atoms with Crippen molar-refractivity contribution in [3.05, 3.63) is 64.0 Å². The molecule has 1 atom stereocenters. The summed E-state index contributed by atoms with van der Waals surface area (Å²) in [4.78, 5) is 38.6. The molecule has 0 aromatic heterocycles. The zero-order chi connectivity index (χ0) is 28.5. The SMILES string of the molecule is CCCCNC(=O)C(CC)N(Cc1ccc(F)cc1)C(=O)CN(c1cc([N+](=O)[O-])ccc1OC)S(C)(=O)=O. The number of unbranched alkanes of at least 4 members (excludes halogenated alkanes) is 1. The maximum atomic E-state index is 13.7. The van der Waals surface area contributed by atoms with Crippen LogP contribution < -0.4 is 14.4 Å². The summed E-state index contributed by atoms with van der Waals surface area (Å²) >= 11 is 0. The molecule has 2 aromatic carbocycles. The third-order valence-electron chi connectivity index (χ3n) is 5.80. The van der Waals surface area contributed by atoms with Gasteiger partial charge in [-0.3, -0.25) is 24.0 Å². The third-order valence-corrected chi connectivity index (χ3v) is 6.93. The maximum absolute atomic E-state index is 13.7. The first-order chi connectivity index (χ1) is 17.9. The zero-order valence-corrected chi connectivity index (χ0v) is 22.7. The van der Waals surface area contributed by atoms with Crippen LogP contribution >= 0.6 is 0 Å². The Morgan fingerprint density at radius 1 is 1.16 bits per heavy atom. The molecule has 0 radical (unpaired) electrons. The number of nitrogens with zero attached hydrogens (tertiary/aromatic N) is 3. The van der Waals surface area contributed by atoms with Gasteiger partial charge in [-0.15, -0.1) is 0 Å². The average Bonchev–Trinajstić information content (AvgIpc) is 2.87. The van der Waals surface area contributed by atoms with Crippen LogP contribution in [0.4, 0.5) is 15.8 Å². The molecule has 0 aliphatic heterocycles. The first kappa shape index (κ1) is 30.5. The fourth-order valence-electron chi connectivity index (χ4n) is 3.79. The number of amides is 2. The summed E-state index contributed by atoms with van der Waals surface area (Å²) in [6.07, 6.45) is 2.67. The Kier molecular flexibility index (Phi) is 11.0. The van der Waals surface area contributed by atoms with Gasteiger partial charge in [-0.05, 0) is 36.6 Å². The molecule has 208 valence electrons. The van der Waals surface area contributed by atoms with Crippen LogP contribution in [0.5, 0.6) is 5.75 Å². The molecule has 0 aliphatic rings. The molecule has 2 amide bonds. The van der Waals surface area contributed by atoms with E-state index in [0.717, 1.165) is 31.2 Å². The van der Waals surface area contributed by atoms with Gasteiger partial charge in [0.05, 0.1) is 18.3 Å². The molecule has 11 nitrogen and oxygen atoms in total. The van der Waals surface area contributed by atoms with E-state index in [1.54, 1.807) is 6.92 Å². The van der Waals surface area contributed by atoms with Crippen molar-refractivity contribution in [2.24, 2.45) is 0 Å². The summed E-state index contributed by atoms with van der Waals surface area (Å²) in [6, 6.07) is 7.82. The average molecular weight is 553 g/mol. The number of nitro benzene ring substituents is 1. The van der Waals surface area contributed by atoms with Crippen molar-refractivity contribution in [3.8, 4) is 5.75 Å². The molecule has 0 saturated heterocycles. The van der Waals surface area contributed by atoms with Crippen LogP contribution in [-0.2, 0) is 26.2 Å². The van der Waals surface area contributed by atoms with Crippen LogP contribution in [0, 0.1) is 15.9 Å². The minimum absolute atomic E-state index is 0.00302. The van der Waals surface area contributed by atoms with E-state index in [1.807, 2.05) is 6.92 Å². The van der Waals surface area contributed by atoms with E-state index in [0.29, 0.717) is 16.4 Å². The summed E-state index contributed by atoms with van der Waals surface area (Å²) in [6.45, 7) is 3.24. The number of sulfonamides is 1. The fraction of sp³-hybridized carbons (Fsp3) is 0.440. The summed E-state index contributed by atoms with van der Waals surface area (Å²) in [5.41, 5.74) is -0.0649. The number of benzene rings is 2. The van der Waals surface area contributed by atoms with Crippen LogP contribution in [0.15, 0.2) is 42.5 Å². The van der Waals surface area contributed by atoms with Crippen molar-refractivity contribution in [2.45, 2.75) is 45.7 Å². The molecule has 0 heterocycles. The lowest BCUT2D eigenvalue weighted by Gasteiger charge is -2.33. The number of methoxy groups -OCH3 is 1. The van der Waals surface area contributed by atoms with Gasteiger partial charge >= 0.3 is 0 Å². The largest absolute Gasteiger partial charge is 0.495 e. The van der Waals surface area contributed by atoms with E-state index in [4.69, 9.17) is 4.74 Å². The van der Waals surface area contributed by atoms with Crippen molar-refractivity contribution in [1.82, 2.24) is 10.2 Å². The number of rotatable bonds is 14. The number of hydrogen-bond acceptors (Lipinski definition) is 7. The number of halogens is 1. The summed E-state index contributed by atoms with van der Waals surface area (Å²) in [5, 5.41) is 14.1. The van der Waals surface area contributed by atoms with Crippen LogP contribution in [0.1, 0.15) is 38.7 Å². The first-order valence-electron chi connectivity index (χ1n) is 12.0. The normalized spacial score (nSPS) is 11.9. The predicted molar refractivity (Wildman–Crippen MR) is 141 cm³/mol. The minimum Gasteiger partial charge on any atom is -0.495 e. The molecule has 0 bridgehead atoms. The molecule has 1 unspecified atom stereocenters. The number of anilines is 1.